The van der Waals surface area contributed by atoms with Crippen LogP contribution in [0.5, 0.6) is 5.75 Å². The van der Waals surface area contributed by atoms with Crippen LogP contribution in [0.25, 0.3) is 11.4 Å². The fourth-order valence-corrected chi connectivity index (χ4v) is 2.11. The Morgan fingerprint density at radius 2 is 1.87 bits per heavy atom. The number of benzene rings is 2. The van der Waals surface area contributed by atoms with Crippen molar-refractivity contribution in [1.29, 1.82) is 0 Å². The maximum absolute atomic E-state index is 12.2. The third kappa shape index (κ3) is 3.37. The number of rotatable bonds is 5. The molecule has 0 atom stereocenters. The third-order valence-corrected chi connectivity index (χ3v) is 3.25. The van der Waals surface area contributed by atoms with Crippen molar-refractivity contribution < 1.29 is 14.1 Å². The van der Waals surface area contributed by atoms with Gasteiger partial charge in [0.15, 0.2) is 0 Å². The molecular formula is C17H15N3O3. The number of amides is 1. The Morgan fingerprint density at radius 1 is 1.13 bits per heavy atom. The standard InChI is InChI=1S/C17H15N3O3/c1-22-14-10-6-5-9-13(14)17(21)18-11-15-19-16(20-23-15)12-7-3-2-4-8-12/h2-10H,11H2,1H3,(H,18,21). The summed E-state index contributed by atoms with van der Waals surface area (Å²) in [4.78, 5) is 16.5. The number of hydrogen-bond donors (Lipinski definition) is 1. The molecule has 0 unspecified atom stereocenters. The van der Waals surface area contributed by atoms with Gasteiger partial charge in [-0.25, -0.2) is 0 Å². The Balaban J connectivity index is 1.67. The number of para-hydroxylation sites is 1. The molecule has 0 aliphatic rings. The van der Waals surface area contributed by atoms with E-state index in [1.807, 2.05) is 30.3 Å². The number of carbonyl (C=O) groups excluding carboxylic acids is 1. The first kappa shape index (κ1) is 14.8. The van der Waals surface area contributed by atoms with Crippen LogP contribution in [0, 0.1) is 0 Å². The molecule has 1 aromatic heterocycles. The van der Waals surface area contributed by atoms with E-state index in [1.54, 1.807) is 24.3 Å². The Kier molecular flexibility index (Phi) is 4.33. The van der Waals surface area contributed by atoms with E-state index in [2.05, 4.69) is 15.5 Å². The molecule has 0 saturated carbocycles. The monoisotopic (exact) mass is 309 g/mol. The molecule has 6 heteroatoms. The van der Waals surface area contributed by atoms with Crippen LogP contribution in [-0.4, -0.2) is 23.2 Å². The van der Waals surface area contributed by atoms with Gasteiger partial charge in [-0.2, -0.15) is 4.98 Å². The van der Waals surface area contributed by atoms with Crippen molar-refractivity contribution in [2.45, 2.75) is 6.54 Å². The molecule has 3 rings (SSSR count). The van der Waals surface area contributed by atoms with Crippen LogP contribution >= 0.6 is 0 Å². The fourth-order valence-electron chi connectivity index (χ4n) is 2.11. The highest BCUT2D eigenvalue weighted by molar-refractivity contribution is 5.96. The molecule has 0 spiro atoms. The van der Waals surface area contributed by atoms with Crippen molar-refractivity contribution in [1.82, 2.24) is 15.5 Å². The van der Waals surface area contributed by atoms with Crippen LogP contribution in [-0.2, 0) is 6.54 Å². The van der Waals surface area contributed by atoms with Crippen LogP contribution < -0.4 is 10.1 Å². The lowest BCUT2D eigenvalue weighted by Gasteiger charge is -2.07. The predicted molar refractivity (Wildman–Crippen MR) is 83.9 cm³/mol. The second-order valence-electron chi connectivity index (χ2n) is 4.76. The second kappa shape index (κ2) is 6.74. The van der Waals surface area contributed by atoms with Crippen LogP contribution in [0.4, 0.5) is 0 Å². The molecule has 0 aliphatic carbocycles. The number of nitrogens with zero attached hydrogens (tertiary/aromatic N) is 2. The highest BCUT2D eigenvalue weighted by Gasteiger charge is 2.13. The summed E-state index contributed by atoms with van der Waals surface area (Å²) in [5, 5.41) is 6.65. The van der Waals surface area contributed by atoms with E-state index in [4.69, 9.17) is 9.26 Å². The molecular weight excluding hydrogens is 294 g/mol. The van der Waals surface area contributed by atoms with E-state index in [9.17, 15) is 4.79 Å². The van der Waals surface area contributed by atoms with E-state index in [-0.39, 0.29) is 12.5 Å². The zero-order chi connectivity index (χ0) is 16.1. The average Bonchev–Trinajstić information content (AvgIpc) is 3.09. The normalized spacial score (nSPS) is 10.3. The van der Waals surface area contributed by atoms with Gasteiger partial charge in [0, 0.05) is 5.56 Å². The maximum atomic E-state index is 12.2. The van der Waals surface area contributed by atoms with E-state index >= 15 is 0 Å². The summed E-state index contributed by atoms with van der Waals surface area (Å²) in [5.41, 5.74) is 1.32. The van der Waals surface area contributed by atoms with Gasteiger partial charge >= 0.3 is 0 Å². The molecule has 6 nitrogen and oxygen atoms in total. The topological polar surface area (TPSA) is 77.2 Å². The summed E-state index contributed by atoms with van der Waals surface area (Å²) in [7, 11) is 1.52. The number of methoxy groups -OCH3 is 1. The Morgan fingerprint density at radius 3 is 2.65 bits per heavy atom. The van der Waals surface area contributed by atoms with Crippen molar-refractivity contribution in [2.24, 2.45) is 0 Å². The minimum atomic E-state index is -0.262. The minimum Gasteiger partial charge on any atom is -0.496 e. The van der Waals surface area contributed by atoms with E-state index in [0.29, 0.717) is 23.0 Å². The summed E-state index contributed by atoms with van der Waals surface area (Å²) in [6, 6.07) is 16.5. The van der Waals surface area contributed by atoms with Crippen LogP contribution in [0.15, 0.2) is 59.1 Å². The summed E-state index contributed by atoms with van der Waals surface area (Å²) in [6.07, 6.45) is 0. The van der Waals surface area contributed by atoms with Gasteiger partial charge in [-0.05, 0) is 12.1 Å². The van der Waals surface area contributed by atoms with Crippen molar-refractivity contribution >= 4 is 5.91 Å². The largest absolute Gasteiger partial charge is 0.496 e. The molecule has 1 amide bonds. The molecule has 0 aliphatic heterocycles. The predicted octanol–water partition coefficient (Wildman–Crippen LogP) is 2.68. The second-order valence-corrected chi connectivity index (χ2v) is 4.76. The van der Waals surface area contributed by atoms with Gasteiger partial charge in [-0.1, -0.05) is 47.6 Å². The summed E-state index contributed by atoms with van der Waals surface area (Å²) in [6.45, 7) is 0.150. The van der Waals surface area contributed by atoms with Gasteiger partial charge in [0.1, 0.15) is 5.75 Å². The van der Waals surface area contributed by atoms with E-state index in [1.165, 1.54) is 7.11 Å². The SMILES string of the molecule is COc1ccccc1C(=O)NCc1nc(-c2ccccc2)no1. The summed E-state index contributed by atoms with van der Waals surface area (Å²) >= 11 is 0. The summed E-state index contributed by atoms with van der Waals surface area (Å²) < 4.78 is 10.3. The number of aromatic nitrogens is 2. The van der Waals surface area contributed by atoms with E-state index in [0.717, 1.165) is 5.56 Å². The lowest BCUT2D eigenvalue weighted by molar-refractivity contribution is 0.0943. The first-order chi connectivity index (χ1) is 11.3. The van der Waals surface area contributed by atoms with Crippen molar-refractivity contribution in [3.63, 3.8) is 0 Å². The van der Waals surface area contributed by atoms with Crippen molar-refractivity contribution in [3.05, 3.63) is 66.1 Å². The first-order valence-electron chi connectivity index (χ1n) is 7.07. The molecule has 3 aromatic rings. The Labute approximate surface area is 133 Å². The number of ether oxygens (including phenoxy) is 1. The zero-order valence-corrected chi connectivity index (χ0v) is 12.5. The van der Waals surface area contributed by atoms with Gasteiger partial charge in [0.25, 0.3) is 5.91 Å². The highest BCUT2D eigenvalue weighted by atomic mass is 16.5. The fraction of sp³-hybridized carbons (Fsp3) is 0.118. The quantitative estimate of drug-likeness (QED) is 0.784. The third-order valence-electron chi connectivity index (χ3n) is 3.25. The molecule has 0 radical (unpaired) electrons. The van der Waals surface area contributed by atoms with Gasteiger partial charge in [0.2, 0.25) is 11.7 Å². The molecule has 0 fully saturated rings. The number of nitrogens with one attached hydrogen (secondary N) is 1. The molecule has 116 valence electrons. The number of hydrogen-bond acceptors (Lipinski definition) is 5. The van der Waals surface area contributed by atoms with Crippen LogP contribution in [0.3, 0.4) is 0 Å². The van der Waals surface area contributed by atoms with Crippen LogP contribution in [0.2, 0.25) is 0 Å². The van der Waals surface area contributed by atoms with Crippen LogP contribution in [0.1, 0.15) is 16.2 Å². The number of carbonyl (C=O) groups is 1. The van der Waals surface area contributed by atoms with Gasteiger partial charge in [-0.15, -0.1) is 0 Å². The molecule has 1 N–H and O–H groups in total. The molecule has 23 heavy (non-hydrogen) atoms. The first-order valence-corrected chi connectivity index (χ1v) is 7.07. The van der Waals surface area contributed by atoms with Crippen molar-refractivity contribution in [3.8, 4) is 17.1 Å². The average molecular weight is 309 g/mol. The minimum absolute atomic E-state index is 0.150. The lowest BCUT2D eigenvalue weighted by Crippen LogP contribution is -2.23. The molecule has 0 bridgehead atoms. The van der Waals surface area contributed by atoms with E-state index < -0.39 is 0 Å². The Hall–Kier alpha value is -3.15. The smallest absolute Gasteiger partial charge is 0.255 e. The highest BCUT2D eigenvalue weighted by Crippen LogP contribution is 2.17. The van der Waals surface area contributed by atoms with Gasteiger partial charge in [-0.3, -0.25) is 4.79 Å². The zero-order valence-electron chi connectivity index (χ0n) is 12.5. The molecule has 0 saturated heterocycles. The lowest BCUT2D eigenvalue weighted by atomic mass is 10.2. The molecule has 1 heterocycles. The Bertz CT molecular complexity index is 800. The van der Waals surface area contributed by atoms with Gasteiger partial charge < -0.3 is 14.6 Å². The molecule has 2 aromatic carbocycles. The summed E-state index contributed by atoms with van der Waals surface area (Å²) in [5.74, 6) is 1.08. The van der Waals surface area contributed by atoms with Gasteiger partial charge in [0.05, 0.1) is 19.2 Å². The van der Waals surface area contributed by atoms with Crippen molar-refractivity contribution in [2.75, 3.05) is 7.11 Å². The maximum Gasteiger partial charge on any atom is 0.255 e.